The second-order valence-corrected chi connectivity index (χ2v) is 4.76. The van der Waals surface area contributed by atoms with Crippen LogP contribution in [0.3, 0.4) is 0 Å². The zero-order valence-electron chi connectivity index (χ0n) is 10.9. The number of hydrogen-bond donors (Lipinski definition) is 0. The third kappa shape index (κ3) is 2.26. The molecule has 1 heterocycles. The summed E-state index contributed by atoms with van der Waals surface area (Å²) in [6.07, 6.45) is 3.36. The number of aryl methyl sites for hydroxylation is 1. The Kier molecular flexibility index (Phi) is 3.43. The van der Waals surface area contributed by atoms with Crippen molar-refractivity contribution in [2.45, 2.75) is 26.7 Å². The Morgan fingerprint density at radius 2 is 1.94 bits per heavy atom. The Morgan fingerprint density at radius 3 is 2.61 bits per heavy atom. The minimum Gasteiger partial charge on any atom is -0.263 e. The molecule has 90 valence electrons. The van der Waals surface area contributed by atoms with Gasteiger partial charge < -0.3 is 0 Å². The molecule has 1 aromatic carbocycles. The van der Waals surface area contributed by atoms with E-state index < -0.39 is 0 Å². The SMILES string of the molecule is Cc1ccc(C(C)C)cc1-c1ccncc1C#N. The van der Waals surface area contributed by atoms with Gasteiger partial charge in [-0.25, -0.2) is 0 Å². The van der Waals surface area contributed by atoms with E-state index in [0.29, 0.717) is 11.5 Å². The zero-order valence-corrected chi connectivity index (χ0v) is 10.9. The largest absolute Gasteiger partial charge is 0.263 e. The molecule has 1 aromatic heterocycles. The zero-order chi connectivity index (χ0) is 13.1. The van der Waals surface area contributed by atoms with Crippen LogP contribution in [0, 0.1) is 18.3 Å². The molecule has 0 aliphatic carbocycles. The summed E-state index contributed by atoms with van der Waals surface area (Å²) in [5.41, 5.74) is 5.19. The predicted octanol–water partition coefficient (Wildman–Crippen LogP) is 4.05. The molecule has 18 heavy (non-hydrogen) atoms. The smallest absolute Gasteiger partial charge is 0.101 e. The summed E-state index contributed by atoms with van der Waals surface area (Å²) < 4.78 is 0. The average molecular weight is 236 g/mol. The van der Waals surface area contributed by atoms with Gasteiger partial charge >= 0.3 is 0 Å². The van der Waals surface area contributed by atoms with Crippen molar-refractivity contribution in [3.8, 4) is 17.2 Å². The summed E-state index contributed by atoms with van der Waals surface area (Å²) in [5.74, 6) is 0.483. The van der Waals surface area contributed by atoms with E-state index in [-0.39, 0.29) is 0 Å². The number of aromatic nitrogens is 1. The van der Waals surface area contributed by atoms with Crippen molar-refractivity contribution in [3.63, 3.8) is 0 Å². The number of hydrogen-bond acceptors (Lipinski definition) is 2. The number of nitriles is 1. The normalized spacial score (nSPS) is 10.4. The topological polar surface area (TPSA) is 36.7 Å². The van der Waals surface area contributed by atoms with Crippen molar-refractivity contribution in [3.05, 3.63) is 53.3 Å². The average Bonchev–Trinajstić information content (AvgIpc) is 2.39. The van der Waals surface area contributed by atoms with E-state index in [1.54, 1.807) is 12.4 Å². The minimum atomic E-state index is 0.483. The minimum absolute atomic E-state index is 0.483. The van der Waals surface area contributed by atoms with E-state index in [1.807, 2.05) is 6.07 Å². The molecule has 0 saturated heterocycles. The van der Waals surface area contributed by atoms with Crippen molar-refractivity contribution in [1.29, 1.82) is 5.26 Å². The summed E-state index contributed by atoms with van der Waals surface area (Å²) in [4.78, 5) is 4.01. The van der Waals surface area contributed by atoms with Gasteiger partial charge in [0.15, 0.2) is 0 Å². The standard InChI is InChI=1S/C16H16N2/c1-11(2)13-5-4-12(3)16(8-13)15-6-7-18-10-14(15)9-17/h4-8,10-11H,1-3H3. The molecule has 2 nitrogen and oxygen atoms in total. The molecule has 0 bridgehead atoms. The van der Waals surface area contributed by atoms with Crippen molar-refractivity contribution >= 4 is 0 Å². The summed E-state index contributed by atoms with van der Waals surface area (Å²) in [6, 6.07) is 10.6. The lowest BCUT2D eigenvalue weighted by molar-refractivity contribution is 0.866. The maximum Gasteiger partial charge on any atom is 0.101 e. The maximum absolute atomic E-state index is 9.16. The van der Waals surface area contributed by atoms with Gasteiger partial charge in [0.05, 0.1) is 5.56 Å². The van der Waals surface area contributed by atoms with Gasteiger partial charge in [-0.2, -0.15) is 5.26 Å². The first kappa shape index (κ1) is 12.3. The summed E-state index contributed by atoms with van der Waals surface area (Å²) in [5, 5.41) is 9.16. The Labute approximate surface area is 108 Å². The lowest BCUT2D eigenvalue weighted by Crippen LogP contribution is -1.93. The second kappa shape index (κ2) is 5.01. The molecule has 0 fully saturated rings. The van der Waals surface area contributed by atoms with Gasteiger partial charge in [0, 0.05) is 18.0 Å². The van der Waals surface area contributed by atoms with Gasteiger partial charge in [-0.15, -0.1) is 0 Å². The highest BCUT2D eigenvalue weighted by atomic mass is 14.6. The molecule has 0 spiro atoms. The van der Waals surface area contributed by atoms with Crippen LogP contribution in [0.15, 0.2) is 36.7 Å². The van der Waals surface area contributed by atoms with Crippen LogP contribution in [-0.4, -0.2) is 4.98 Å². The van der Waals surface area contributed by atoms with Gasteiger partial charge in [-0.1, -0.05) is 32.0 Å². The van der Waals surface area contributed by atoms with Crippen molar-refractivity contribution in [2.24, 2.45) is 0 Å². The van der Waals surface area contributed by atoms with Crippen LogP contribution in [0.4, 0.5) is 0 Å². The lowest BCUT2D eigenvalue weighted by atomic mass is 9.92. The molecule has 0 amide bonds. The Morgan fingerprint density at radius 1 is 1.17 bits per heavy atom. The number of pyridine rings is 1. The molecule has 0 aliphatic heterocycles. The molecular formula is C16H16N2. The third-order valence-electron chi connectivity index (χ3n) is 3.16. The first-order chi connectivity index (χ1) is 8.63. The molecule has 0 aliphatic rings. The van der Waals surface area contributed by atoms with E-state index in [0.717, 1.165) is 11.1 Å². The van der Waals surface area contributed by atoms with Crippen LogP contribution in [0.5, 0.6) is 0 Å². The highest BCUT2D eigenvalue weighted by Crippen LogP contribution is 2.29. The Hall–Kier alpha value is -2.14. The van der Waals surface area contributed by atoms with Gasteiger partial charge in [0.25, 0.3) is 0 Å². The van der Waals surface area contributed by atoms with E-state index in [1.165, 1.54) is 11.1 Å². The van der Waals surface area contributed by atoms with Crippen LogP contribution in [0.2, 0.25) is 0 Å². The van der Waals surface area contributed by atoms with Crippen LogP contribution in [-0.2, 0) is 0 Å². The number of nitrogens with zero attached hydrogens (tertiary/aromatic N) is 2. The van der Waals surface area contributed by atoms with Crippen molar-refractivity contribution < 1.29 is 0 Å². The summed E-state index contributed by atoms with van der Waals surface area (Å²) in [7, 11) is 0. The Bertz CT molecular complexity index is 607. The number of benzene rings is 1. The van der Waals surface area contributed by atoms with E-state index >= 15 is 0 Å². The van der Waals surface area contributed by atoms with Crippen molar-refractivity contribution in [2.75, 3.05) is 0 Å². The van der Waals surface area contributed by atoms with E-state index in [4.69, 9.17) is 5.26 Å². The highest BCUT2D eigenvalue weighted by Gasteiger charge is 2.09. The summed E-state index contributed by atoms with van der Waals surface area (Å²) >= 11 is 0. The summed E-state index contributed by atoms with van der Waals surface area (Å²) in [6.45, 7) is 6.42. The highest BCUT2D eigenvalue weighted by molar-refractivity contribution is 5.73. The first-order valence-electron chi connectivity index (χ1n) is 6.08. The molecule has 0 atom stereocenters. The molecule has 0 saturated carbocycles. The van der Waals surface area contributed by atoms with Gasteiger partial charge in [-0.3, -0.25) is 4.98 Å². The van der Waals surface area contributed by atoms with Gasteiger partial charge in [0.1, 0.15) is 6.07 Å². The van der Waals surface area contributed by atoms with Gasteiger partial charge in [0.2, 0.25) is 0 Å². The van der Waals surface area contributed by atoms with E-state index in [2.05, 4.69) is 50.0 Å². The quantitative estimate of drug-likeness (QED) is 0.788. The molecule has 0 N–H and O–H groups in total. The fourth-order valence-electron chi connectivity index (χ4n) is 2.01. The van der Waals surface area contributed by atoms with Gasteiger partial charge in [-0.05, 0) is 35.6 Å². The number of rotatable bonds is 2. The Balaban J connectivity index is 2.63. The van der Waals surface area contributed by atoms with Crippen LogP contribution < -0.4 is 0 Å². The molecule has 0 radical (unpaired) electrons. The fourth-order valence-corrected chi connectivity index (χ4v) is 2.01. The lowest BCUT2D eigenvalue weighted by Gasteiger charge is -2.12. The second-order valence-electron chi connectivity index (χ2n) is 4.76. The maximum atomic E-state index is 9.16. The molecular weight excluding hydrogens is 220 g/mol. The molecule has 0 unspecified atom stereocenters. The van der Waals surface area contributed by atoms with E-state index in [9.17, 15) is 0 Å². The fraction of sp³-hybridized carbons (Fsp3) is 0.250. The molecule has 2 rings (SSSR count). The molecule has 2 heteroatoms. The van der Waals surface area contributed by atoms with Crippen LogP contribution in [0.25, 0.3) is 11.1 Å². The molecule has 2 aromatic rings. The monoisotopic (exact) mass is 236 g/mol. The van der Waals surface area contributed by atoms with Crippen LogP contribution in [0.1, 0.15) is 36.5 Å². The predicted molar refractivity (Wildman–Crippen MR) is 73.2 cm³/mol. The van der Waals surface area contributed by atoms with Crippen LogP contribution >= 0.6 is 0 Å². The third-order valence-corrected chi connectivity index (χ3v) is 3.16. The first-order valence-corrected chi connectivity index (χ1v) is 6.08. The van der Waals surface area contributed by atoms with Crippen molar-refractivity contribution in [1.82, 2.24) is 4.98 Å².